The molecule has 0 bridgehead atoms. The van der Waals surface area contributed by atoms with E-state index in [1.807, 2.05) is 5.32 Å². The first-order chi connectivity index (χ1) is 3.92. The van der Waals surface area contributed by atoms with Crippen LogP contribution < -0.4 is 5.32 Å². The third kappa shape index (κ3) is 7.38. The summed E-state index contributed by atoms with van der Waals surface area (Å²) in [6, 6.07) is 0. The van der Waals surface area contributed by atoms with Crippen LogP contribution in [-0.2, 0) is 14.9 Å². The Morgan fingerprint density at radius 3 is 2.22 bits per heavy atom. The third-order valence-electron chi connectivity index (χ3n) is 0.504. The number of carbonyl (C=O) groups excluding carboxylic acids is 1. The quantitative estimate of drug-likeness (QED) is 0.497. The summed E-state index contributed by atoms with van der Waals surface area (Å²) in [4.78, 5) is 10.0. The monoisotopic (exact) mass is 153 g/mol. The Hall–Kier alpha value is -0.620. The lowest BCUT2D eigenvalue weighted by molar-refractivity contribution is -0.118. The normalized spacial score (nSPS) is 10.9. The molecule has 0 aromatic rings. The number of carbonyl (C=O) groups is 1. The Labute approximate surface area is 52.8 Å². The second kappa shape index (κ2) is 2.79. The van der Waals surface area contributed by atoms with Crippen molar-refractivity contribution in [2.24, 2.45) is 0 Å². The van der Waals surface area contributed by atoms with E-state index in [1.54, 1.807) is 0 Å². The van der Waals surface area contributed by atoms with Gasteiger partial charge in [-0.1, -0.05) is 0 Å². The van der Waals surface area contributed by atoms with Gasteiger partial charge in [-0.05, 0) is 0 Å². The van der Waals surface area contributed by atoms with Crippen LogP contribution in [0.2, 0.25) is 0 Å². The molecule has 0 radical (unpaired) electrons. The molecule has 0 unspecified atom stereocenters. The zero-order chi connectivity index (χ0) is 7.49. The summed E-state index contributed by atoms with van der Waals surface area (Å²) < 4.78 is 27.8. The van der Waals surface area contributed by atoms with Gasteiger partial charge in [0.25, 0.3) is 10.1 Å². The van der Waals surface area contributed by atoms with E-state index in [-0.39, 0.29) is 0 Å². The lowest BCUT2D eigenvalue weighted by Crippen LogP contribution is -2.26. The van der Waals surface area contributed by atoms with Crippen molar-refractivity contribution < 1.29 is 17.8 Å². The number of hydrogen-bond donors (Lipinski definition) is 2. The summed E-state index contributed by atoms with van der Waals surface area (Å²) in [6.45, 7) is 1.16. The van der Waals surface area contributed by atoms with Gasteiger partial charge in [0.05, 0.1) is 0 Å². The minimum absolute atomic E-state index is 0.493. The first-order valence-electron chi connectivity index (χ1n) is 2.11. The standard InChI is InChI=1S/C3H7NO4S/c1-3(5)4-2-9(6,7)8/h2H2,1H3,(H,4,5)(H,6,7,8). The number of hydrogen-bond acceptors (Lipinski definition) is 3. The molecule has 0 saturated carbocycles. The molecule has 0 fully saturated rings. The van der Waals surface area contributed by atoms with Crippen LogP contribution in [0.25, 0.3) is 0 Å². The Bertz CT molecular complexity index is 194. The van der Waals surface area contributed by atoms with Gasteiger partial charge in [0, 0.05) is 6.92 Å². The SMILES string of the molecule is CC(=O)NCS(=O)(=O)O. The maximum absolute atomic E-state index is 10.0. The molecule has 0 atom stereocenters. The van der Waals surface area contributed by atoms with Crippen molar-refractivity contribution in [2.45, 2.75) is 6.92 Å². The Balaban J connectivity index is 3.67. The van der Waals surface area contributed by atoms with E-state index >= 15 is 0 Å². The van der Waals surface area contributed by atoms with E-state index in [0.717, 1.165) is 6.92 Å². The minimum atomic E-state index is -4.05. The van der Waals surface area contributed by atoms with Crippen LogP contribution >= 0.6 is 0 Å². The van der Waals surface area contributed by atoms with Crippen LogP contribution in [0, 0.1) is 0 Å². The zero-order valence-corrected chi connectivity index (χ0v) is 5.60. The van der Waals surface area contributed by atoms with Crippen LogP contribution in [0.15, 0.2) is 0 Å². The number of amides is 1. The highest BCUT2D eigenvalue weighted by atomic mass is 32.2. The summed E-state index contributed by atoms with van der Waals surface area (Å²) >= 11 is 0. The fourth-order valence-electron chi connectivity index (χ4n) is 0.193. The van der Waals surface area contributed by atoms with E-state index in [1.165, 1.54) is 0 Å². The molecule has 6 heteroatoms. The molecule has 0 aliphatic rings. The second-order valence-electron chi connectivity index (χ2n) is 1.46. The molecule has 0 aromatic carbocycles. The molecular formula is C3H7NO4S. The lowest BCUT2D eigenvalue weighted by atomic mass is 10.7. The van der Waals surface area contributed by atoms with Gasteiger partial charge in [0.15, 0.2) is 0 Å². The van der Waals surface area contributed by atoms with E-state index in [9.17, 15) is 13.2 Å². The predicted octanol–water partition coefficient (Wildman–Crippen LogP) is -1.03. The minimum Gasteiger partial charge on any atom is -0.340 e. The molecule has 2 N–H and O–H groups in total. The highest BCUT2D eigenvalue weighted by molar-refractivity contribution is 7.85. The van der Waals surface area contributed by atoms with Gasteiger partial charge in [0.2, 0.25) is 5.91 Å². The van der Waals surface area contributed by atoms with Crippen molar-refractivity contribution in [2.75, 3.05) is 5.88 Å². The fraction of sp³-hybridized carbons (Fsp3) is 0.667. The molecule has 0 heterocycles. The van der Waals surface area contributed by atoms with E-state index in [4.69, 9.17) is 4.55 Å². The van der Waals surface area contributed by atoms with Gasteiger partial charge in [0.1, 0.15) is 5.88 Å². The van der Waals surface area contributed by atoms with Gasteiger partial charge in [-0.15, -0.1) is 0 Å². The summed E-state index contributed by atoms with van der Waals surface area (Å²) in [6.07, 6.45) is 0. The number of nitrogens with one attached hydrogen (secondary N) is 1. The molecule has 5 nitrogen and oxygen atoms in total. The smallest absolute Gasteiger partial charge is 0.283 e. The van der Waals surface area contributed by atoms with Gasteiger partial charge < -0.3 is 5.32 Å². The van der Waals surface area contributed by atoms with Crippen molar-refractivity contribution in [1.29, 1.82) is 0 Å². The van der Waals surface area contributed by atoms with Crippen molar-refractivity contribution >= 4 is 16.0 Å². The molecule has 9 heavy (non-hydrogen) atoms. The molecule has 0 saturated heterocycles. The van der Waals surface area contributed by atoms with Crippen molar-refractivity contribution in [3.8, 4) is 0 Å². The maximum atomic E-state index is 10.0. The first kappa shape index (κ1) is 8.38. The lowest BCUT2D eigenvalue weighted by Gasteiger charge is -1.95. The maximum Gasteiger partial charge on any atom is 0.283 e. The summed E-state index contributed by atoms with van der Waals surface area (Å²) in [5.41, 5.74) is 0. The van der Waals surface area contributed by atoms with Crippen molar-refractivity contribution in [3.63, 3.8) is 0 Å². The van der Waals surface area contributed by atoms with Gasteiger partial charge >= 0.3 is 0 Å². The largest absolute Gasteiger partial charge is 0.340 e. The highest BCUT2D eigenvalue weighted by Gasteiger charge is 2.02. The fourth-order valence-corrected chi connectivity index (χ4v) is 0.578. The summed E-state index contributed by atoms with van der Waals surface area (Å²) in [7, 11) is -4.05. The van der Waals surface area contributed by atoms with Gasteiger partial charge in [-0.3, -0.25) is 9.35 Å². The van der Waals surface area contributed by atoms with Crippen LogP contribution in [0.1, 0.15) is 6.92 Å². The van der Waals surface area contributed by atoms with Crippen molar-refractivity contribution in [1.82, 2.24) is 5.32 Å². The Morgan fingerprint density at radius 2 is 2.11 bits per heavy atom. The van der Waals surface area contributed by atoms with Gasteiger partial charge in [-0.2, -0.15) is 8.42 Å². The average Bonchev–Trinajstić information content (AvgIpc) is 1.59. The third-order valence-corrected chi connectivity index (χ3v) is 1.01. The van der Waals surface area contributed by atoms with Crippen LogP contribution in [0.3, 0.4) is 0 Å². The molecule has 1 amide bonds. The molecule has 54 valence electrons. The van der Waals surface area contributed by atoms with E-state index in [2.05, 4.69) is 0 Å². The molecule has 0 aliphatic carbocycles. The van der Waals surface area contributed by atoms with E-state index < -0.39 is 21.9 Å². The second-order valence-corrected chi connectivity index (χ2v) is 2.91. The average molecular weight is 153 g/mol. The Kier molecular flexibility index (Phi) is 2.60. The first-order valence-corrected chi connectivity index (χ1v) is 3.72. The summed E-state index contributed by atoms with van der Waals surface area (Å²) in [5.74, 6) is -1.21. The van der Waals surface area contributed by atoms with Crippen LogP contribution in [-0.4, -0.2) is 24.8 Å². The molecule has 0 spiro atoms. The highest BCUT2D eigenvalue weighted by Crippen LogP contribution is 1.74. The zero-order valence-electron chi connectivity index (χ0n) is 4.79. The summed E-state index contributed by atoms with van der Waals surface area (Å²) in [5, 5.41) is 1.91. The molecular weight excluding hydrogens is 146 g/mol. The number of rotatable bonds is 2. The molecule has 0 aromatic heterocycles. The topological polar surface area (TPSA) is 83.5 Å². The Morgan fingerprint density at radius 1 is 1.67 bits per heavy atom. The van der Waals surface area contributed by atoms with Crippen molar-refractivity contribution in [3.05, 3.63) is 0 Å². The molecule has 0 aliphatic heterocycles. The van der Waals surface area contributed by atoms with Crippen LogP contribution in [0.4, 0.5) is 0 Å². The van der Waals surface area contributed by atoms with Crippen LogP contribution in [0.5, 0.6) is 0 Å². The molecule has 0 rings (SSSR count). The predicted molar refractivity (Wildman–Crippen MR) is 30.2 cm³/mol. The van der Waals surface area contributed by atoms with Gasteiger partial charge in [-0.25, -0.2) is 0 Å². The van der Waals surface area contributed by atoms with E-state index in [0.29, 0.717) is 0 Å².